The van der Waals surface area contributed by atoms with Gasteiger partial charge in [-0.2, -0.15) is 18.3 Å². The molecular formula is C25H25F4N3O4. The predicted molar refractivity (Wildman–Crippen MR) is 126 cm³/mol. The summed E-state index contributed by atoms with van der Waals surface area (Å²) in [7, 11) is 1.51. The number of rotatable bonds is 7. The second-order valence-electron chi connectivity index (χ2n) is 8.57. The molecule has 0 radical (unpaired) electrons. The maximum atomic E-state index is 14.4. The zero-order chi connectivity index (χ0) is 26.0. The molecule has 192 valence electrons. The molecule has 0 saturated carbocycles. The molecule has 0 spiro atoms. The molecule has 2 aromatic rings. The summed E-state index contributed by atoms with van der Waals surface area (Å²) in [5.41, 5.74) is -0.883. The van der Waals surface area contributed by atoms with Gasteiger partial charge in [0.15, 0.2) is 5.71 Å². The van der Waals surface area contributed by atoms with Crippen molar-refractivity contribution in [3.8, 4) is 11.5 Å². The normalized spacial score (nSPS) is 20.4. The topological polar surface area (TPSA) is 74.6 Å². The van der Waals surface area contributed by atoms with E-state index in [-0.39, 0.29) is 17.6 Å². The maximum Gasteiger partial charge on any atom is 0.435 e. The van der Waals surface area contributed by atoms with Crippen molar-refractivity contribution >= 4 is 23.1 Å². The Hall–Kier alpha value is -3.76. The van der Waals surface area contributed by atoms with Crippen molar-refractivity contribution in [1.82, 2.24) is 0 Å². The van der Waals surface area contributed by atoms with E-state index >= 15 is 0 Å². The van der Waals surface area contributed by atoms with Crippen LogP contribution in [0.25, 0.3) is 0 Å². The van der Waals surface area contributed by atoms with Crippen LogP contribution in [-0.2, 0) is 4.79 Å². The molecule has 0 aliphatic carbocycles. The van der Waals surface area contributed by atoms with E-state index in [0.29, 0.717) is 30.3 Å². The molecule has 7 nitrogen and oxygen atoms in total. The molecular weight excluding hydrogens is 482 g/mol. The van der Waals surface area contributed by atoms with Crippen molar-refractivity contribution in [3.63, 3.8) is 0 Å². The molecule has 4 rings (SSSR count). The molecule has 1 fully saturated rings. The highest BCUT2D eigenvalue weighted by atomic mass is 19.4. The lowest BCUT2D eigenvalue weighted by Gasteiger charge is -2.34. The summed E-state index contributed by atoms with van der Waals surface area (Å²) >= 11 is 0. The first-order valence-corrected chi connectivity index (χ1v) is 11.3. The Labute approximate surface area is 205 Å². The van der Waals surface area contributed by atoms with Crippen LogP contribution in [0, 0.1) is 5.82 Å². The van der Waals surface area contributed by atoms with E-state index in [1.54, 1.807) is 24.3 Å². The number of hydrogen-bond acceptors (Lipinski definition) is 6. The molecule has 2 aliphatic heterocycles. The first-order chi connectivity index (χ1) is 17.1. The van der Waals surface area contributed by atoms with E-state index in [2.05, 4.69) is 11.7 Å². The minimum absolute atomic E-state index is 0.239. The van der Waals surface area contributed by atoms with Gasteiger partial charge < -0.3 is 19.5 Å². The largest absolute Gasteiger partial charge is 0.497 e. The van der Waals surface area contributed by atoms with Gasteiger partial charge in [-0.1, -0.05) is 6.58 Å². The maximum absolute atomic E-state index is 14.4. The number of alkyl halides is 3. The van der Waals surface area contributed by atoms with Crippen LogP contribution in [0.15, 0.2) is 59.7 Å². The van der Waals surface area contributed by atoms with E-state index in [4.69, 9.17) is 14.6 Å². The molecule has 11 heteroatoms. The van der Waals surface area contributed by atoms with Gasteiger partial charge in [0.1, 0.15) is 23.4 Å². The Kier molecular flexibility index (Phi) is 7.09. The van der Waals surface area contributed by atoms with E-state index in [1.165, 1.54) is 25.3 Å². The second-order valence-corrected chi connectivity index (χ2v) is 8.57. The van der Waals surface area contributed by atoms with Crippen LogP contribution in [-0.4, -0.2) is 55.3 Å². The molecule has 2 atom stereocenters. The smallest absolute Gasteiger partial charge is 0.435 e. The fourth-order valence-electron chi connectivity index (χ4n) is 4.38. The van der Waals surface area contributed by atoms with Crippen LogP contribution in [0.3, 0.4) is 0 Å². The number of piperidine rings is 1. The first kappa shape index (κ1) is 25.3. The van der Waals surface area contributed by atoms with Crippen LogP contribution in [0.4, 0.5) is 28.9 Å². The Morgan fingerprint density at radius 2 is 1.89 bits per heavy atom. The van der Waals surface area contributed by atoms with Crippen LogP contribution < -0.4 is 19.4 Å². The lowest BCUT2D eigenvalue weighted by Crippen LogP contribution is -2.41. The fourth-order valence-corrected chi connectivity index (χ4v) is 4.38. The van der Waals surface area contributed by atoms with E-state index in [9.17, 15) is 22.4 Å². The number of hydrazone groups is 1. The third-order valence-electron chi connectivity index (χ3n) is 6.12. The number of halogens is 4. The third kappa shape index (κ3) is 5.39. The van der Waals surface area contributed by atoms with E-state index < -0.39 is 35.9 Å². The quantitative estimate of drug-likeness (QED) is 0.531. The highest BCUT2D eigenvalue weighted by Crippen LogP contribution is 2.36. The third-order valence-corrected chi connectivity index (χ3v) is 6.12. The lowest BCUT2D eigenvalue weighted by molar-refractivity contribution is -0.137. The van der Waals surface area contributed by atoms with Crippen LogP contribution in [0.2, 0.25) is 0 Å². The summed E-state index contributed by atoms with van der Waals surface area (Å²) in [6.45, 7) is 4.54. The standard InChI is InChI=1S/C25H25F4N3O4/c1-15-21(13-23(33)34)32(30-24(15)25(27,28)29)16-5-7-17(8-6-16)36-19-4-3-11-31(14-19)22-12-18(35-2)9-10-20(22)26/h5-10,12,19,21H,1,3-4,11,13-14H2,2H3,(H,33,34)/t19?,21-/m0/s1. The minimum Gasteiger partial charge on any atom is -0.497 e. The molecule has 2 aliphatic rings. The Morgan fingerprint density at radius 1 is 1.19 bits per heavy atom. The van der Waals surface area contributed by atoms with Gasteiger partial charge in [-0.25, -0.2) is 4.39 Å². The van der Waals surface area contributed by atoms with Crippen LogP contribution in [0.5, 0.6) is 11.5 Å². The Morgan fingerprint density at radius 3 is 2.53 bits per heavy atom. The molecule has 0 amide bonds. The SMILES string of the molecule is C=C1C(C(F)(F)F)=NN(c2ccc(OC3CCCN(c4cc(OC)ccc4F)C3)cc2)[C@H]1CC(=O)O. The Bertz CT molecular complexity index is 1170. The van der Waals surface area contributed by atoms with Crippen molar-refractivity contribution < 1.29 is 36.9 Å². The number of aliphatic carboxylic acids is 1. The monoisotopic (exact) mass is 507 g/mol. The van der Waals surface area contributed by atoms with Crippen molar-refractivity contribution in [2.24, 2.45) is 5.10 Å². The average Bonchev–Trinajstić information content (AvgIpc) is 3.16. The number of nitrogens with zero attached hydrogens (tertiary/aromatic N) is 3. The fraction of sp³-hybridized carbons (Fsp3) is 0.360. The molecule has 2 aromatic carbocycles. The van der Waals surface area contributed by atoms with E-state index in [1.807, 2.05) is 4.90 Å². The summed E-state index contributed by atoms with van der Waals surface area (Å²) in [4.78, 5) is 13.1. The van der Waals surface area contributed by atoms with Crippen molar-refractivity contribution in [2.45, 2.75) is 37.6 Å². The van der Waals surface area contributed by atoms with Crippen LogP contribution in [0.1, 0.15) is 19.3 Å². The van der Waals surface area contributed by atoms with Gasteiger partial charge in [-0.3, -0.25) is 9.80 Å². The van der Waals surface area contributed by atoms with Gasteiger partial charge in [-0.05, 0) is 49.2 Å². The summed E-state index contributed by atoms with van der Waals surface area (Å²) in [6, 6.07) is 9.59. The molecule has 1 N–H and O–H groups in total. The van der Waals surface area contributed by atoms with Crippen molar-refractivity contribution in [3.05, 3.63) is 60.4 Å². The second kappa shape index (κ2) is 10.1. The summed E-state index contributed by atoms with van der Waals surface area (Å²) in [5, 5.41) is 13.8. The highest BCUT2D eigenvalue weighted by Gasteiger charge is 2.46. The number of carboxylic acids is 1. The number of benzene rings is 2. The predicted octanol–water partition coefficient (Wildman–Crippen LogP) is 5.02. The van der Waals surface area contributed by atoms with Crippen molar-refractivity contribution in [1.29, 1.82) is 0 Å². The number of methoxy groups -OCH3 is 1. The van der Waals surface area contributed by atoms with Gasteiger partial charge in [0.2, 0.25) is 0 Å². The number of carboxylic acid groups (broad SMARTS) is 1. The van der Waals surface area contributed by atoms with E-state index in [0.717, 1.165) is 17.9 Å². The Balaban J connectivity index is 1.48. The van der Waals surface area contributed by atoms with Gasteiger partial charge in [0.05, 0.1) is 37.5 Å². The zero-order valence-corrected chi connectivity index (χ0v) is 19.5. The lowest BCUT2D eigenvalue weighted by atomic mass is 10.0. The van der Waals surface area contributed by atoms with Gasteiger partial charge in [0.25, 0.3) is 0 Å². The number of hydrogen-bond donors (Lipinski definition) is 1. The minimum atomic E-state index is -4.75. The highest BCUT2D eigenvalue weighted by molar-refractivity contribution is 6.08. The number of ether oxygens (including phenoxy) is 2. The number of anilines is 2. The first-order valence-electron chi connectivity index (χ1n) is 11.3. The van der Waals surface area contributed by atoms with Gasteiger partial charge in [-0.15, -0.1) is 0 Å². The average molecular weight is 507 g/mol. The van der Waals surface area contributed by atoms with Gasteiger partial charge >= 0.3 is 12.1 Å². The summed E-state index contributed by atoms with van der Waals surface area (Å²) < 4.78 is 65.7. The number of carbonyl (C=O) groups is 1. The summed E-state index contributed by atoms with van der Waals surface area (Å²) in [6.07, 6.45) is -4.05. The molecule has 0 bridgehead atoms. The zero-order valence-electron chi connectivity index (χ0n) is 19.5. The van der Waals surface area contributed by atoms with Crippen LogP contribution >= 0.6 is 0 Å². The molecule has 36 heavy (non-hydrogen) atoms. The van der Waals surface area contributed by atoms with Crippen molar-refractivity contribution in [2.75, 3.05) is 30.1 Å². The summed E-state index contributed by atoms with van der Waals surface area (Å²) in [5.74, 6) is -0.599. The molecule has 2 heterocycles. The molecule has 1 unspecified atom stereocenters. The molecule has 0 aromatic heterocycles. The molecule has 1 saturated heterocycles. The van der Waals surface area contributed by atoms with Gasteiger partial charge in [0, 0.05) is 18.2 Å².